The molecule has 0 radical (unpaired) electrons. The van der Waals surface area contributed by atoms with Gasteiger partial charge in [0.05, 0.1) is 12.6 Å². The highest BCUT2D eigenvalue weighted by Crippen LogP contribution is 2.20. The average Bonchev–Trinajstić information content (AvgIpc) is 3.17. The molecule has 1 aliphatic heterocycles. The van der Waals surface area contributed by atoms with Gasteiger partial charge in [0.2, 0.25) is 17.7 Å². The third-order valence-electron chi connectivity index (χ3n) is 5.43. The summed E-state index contributed by atoms with van der Waals surface area (Å²) in [7, 11) is 0. The number of rotatable bonds is 10. The molecule has 166 valence electrons. The van der Waals surface area contributed by atoms with Crippen molar-refractivity contribution >= 4 is 23.7 Å². The molecule has 0 aromatic rings. The predicted octanol–water partition coefficient (Wildman–Crippen LogP) is -0.947. The molecule has 0 spiro atoms. The van der Waals surface area contributed by atoms with E-state index < -0.39 is 54.5 Å². The number of carbonyl (C=O) groups is 4. The summed E-state index contributed by atoms with van der Waals surface area (Å²) in [4.78, 5) is 50.4. The van der Waals surface area contributed by atoms with Gasteiger partial charge in [-0.15, -0.1) is 0 Å². The highest BCUT2D eigenvalue weighted by Gasteiger charge is 2.39. The molecule has 10 nitrogen and oxygen atoms in total. The topological polar surface area (TPSA) is 162 Å². The predicted molar refractivity (Wildman–Crippen MR) is 106 cm³/mol. The fourth-order valence-electron chi connectivity index (χ4n) is 3.19. The molecular weight excluding hydrogens is 380 g/mol. The SMILES string of the molecule is CCC(C)C(NC(=O)C1CCCN1C(=O)C(CO)NC(=O)C(N)C(C)C)C(=O)O. The van der Waals surface area contributed by atoms with Crippen LogP contribution in [-0.2, 0) is 19.2 Å². The standard InChI is InChI=1S/C19H34N4O6/c1-5-11(4)15(19(28)29)22-16(25)13-7-6-8-23(13)18(27)12(9-24)21-17(26)14(20)10(2)3/h10-15,24H,5-9,20H2,1-4H3,(H,21,26)(H,22,25)(H,28,29). The Labute approximate surface area is 171 Å². The number of carbonyl (C=O) groups excluding carboxylic acids is 3. The second-order valence-corrected chi connectivity index (χ2v) is 7.91. The van der Waals surface area contributed by atoms with Gasteiger partial charge in [0, 0.05) is 6.54 Å². The van der Waals surface area contributed by atoms with E-state index in [1.54, 1.807) is 20.8 Å². The smallest absolute Gasteiger partial charge is 0.326 e. The zero-order valence-electron chi connectivity index (χ0n) is 17.6. The molecule has 1 aliphatic rings. The average molecular weight is 415 g/mol. The van der Waals surface area contributed by atoms with Crippen LogP contribution in [-0.4, -0.2) is 76.1 Å². The maximum absolute atomic E-state index is 12.8. The highest BCUT2D eigenvalue weighted by atomic mass is 16.4. The minimum Gasteiger partial charge on any atom is -0.480 e. The number of carboxylic acid groups (broad SMARTS) is 1. The number of hydrogen-bond donors (Lipinski definition) is 5. The van der Waals surface area contributed by atoms with Crippen molar-refractivity contribution in [2.24, 2.45) is 17.6 Å². The van der Waals surface area contributed by atoms with E-state index in [0.29, 0.717) is 19.3 Å². The molecule has 1 saturated heterocycles. The lowest BCUT2D eigenvalue weighted by Crippen LogP contribution is -2.58. The van der Waals surface area contributed by atoms with Gasteiger partial charge in [0.15, 0.2) is 0 Å². The van der Waals surface area contributed by atoms with Crippen LogP contribution in [0.4, 0.5) is 0 Å². The van der Waals surface area contributed by atoms with Crippen molar-refractivity contribution in [3.05, 3.63) is 0 Å². The summed E-state index contributed by atoms with van der Waals surface area (Å²) >= 11 is 0. The molecule has 0 saturated carbocycles. The Bertz CT molecular complexity index is 612. The van der Waals surface area contributed by atoms with Crippen LogP contribution >= 0.6 is 0 Å². The van der Waals surface area contributed by atoms with E-state index in [2.05, 4.69) is 10.6 Å². The van der Waals surface area contributed by atoms with Gasteiger partial charge in [-0.1, -0.05) is 34.1 Å². The molecule has 10 heteroatoms. The van der Waals surface area contributed by atoms with Gasteiger partial charge in [0.1, 0.15) is 18.1 Å². The number of amides is 3. The van der Waals surface area contributed by atoms with Crippen LogP contribution in [0.25, 0.3) is 0 Å². The number of nitrogens with two attached hydrogens (primary N) is 1. The van der Waals surface area contributed by atoms with Crippen molar-refractivity contribution in [2.45, 2.75) is 71.1 Å². The Kier molecular flexibility index (Phi) is 9.51. The van der Waals surface area contributed by atoms with Crippen LogP contribution in [0.2, 0.25) is 0 Å². The Morgan fingerprint density at radius 2 is 1.79 bits per heavy atom. The van der Waals surface area contributed by atoms with E-state index in [9.17, 15) is 29.4 Å². The number of aliphatic carboxylic acids is 1. The fraction of sp³-hybridized carbons (Fsp3) is 0.789. The fourth-order valence-corrected chi connectivity index (χ4v) is 3.19. The number of carboxylic acids is 1. The zero-order valence-corrected chi connectivity index (χ0v) is 17.6. The van der Waals surface area contributed by atoms with Gasteiger partial charge in [-0.05, 0) is 24.7 Å². The molecule has 0 aromatic heterocycles. The van der Waals surface area contributed by atoms with Crippen molar-refractivity contribution < 1.29 is 29.4 Å². The van der Waals surface area contributed by atoms with E-state index in [-0.39, 0.29) is 18.4 Å². The highest BCUT2D eigenvalue weighted by molar-refractivity contribution is 5.94. The molecule has 5 atom stereocenters. The van der Waals surface area contributed by atoms with Crippen LogP contribution in [0.3, 0.4) is 0 Å². The van der Waals surface area contributed by atoms with Gasteiger partial charge in [-0.25, -0.2) is 4.79 Å². The normalized spacial score (nSPS) is 20.7. The molecular formula is C19H34N4O6. The van der Waals surface area contributed by atoms with Crippen molar-refractivity contribution in [1.29, 1.82) is 0 Å². The van der Waals surface area contributed by atoms with Gasteiger partial charge in [-0.2, -0.15) is 0 Å². The first-order chi connectivity index (χ1) is 13.5. The third kappa shape index (κ3) is 6.40. The summed E-state index contributed by atoms with van der Waals surface area (Å²) in [5.41, 5.74) is 5.78. The maximum atomic E-state index is 12.8. The molecule has 6 N–H and O–H groups in total. The summed E-state index contributed by atoms with van der Waals surface area (Å²) in [6, 6.07) is -3.95. The van der Waals surface area contributed by atoms with Gasteiger partial charge in [0.25, 0.3) is 0 Å². The number of hydrogen-bond acceptors (Lipinski definition) is 6. The first kappa shape index (κ1) is 24.8. The van der Waals surface area contributed by atoms with Crippen molar-refractivity contribution in [3.63, 3.8) is 0 Å². The van der Waals surface area contributed by atoms with E-state index in [4.69, 9.17) is 5.73 Å². The van der Waals surface area contributed by atoms with E-state index >= 15 is 0 Å². The number of aliphatic hydroxyl groups is 1. The van der Waals surface area contributed by atoms with E-state index in [1.807, 2.05) is 6.92 Å². The number of nitrogens with one attached hydrogen (secondary N) is 2. The first-order valence-electron chi connectivity index (χ1n) is 10.1. The molecule has 1 heterocycles. The van der Waals surface area contributed by atoms with Gasteiger partial charge in [-0.3, -0.25) is 14.4 Å². The second-order valence-electron chi connectivity index (χ2n) is 7.91. The first-order valence-corrected chi connectivity index (χ1v) is 10.1. The lowest BCUT2D eigenvalue weighted by Gasteiger charge is -2.30. The van der Waals surface area contributed by atoms with Crippen molar-refractivity contribution in [2.75, 3.05) is 13.2 Å². The van der Waals surface area contributed by atoms with E-state index in [0.717, 1.165) is 0 Å². The molecule has 29 heavy (non-hydrogen) atoms. The van der Waals surface area contributed by atoms with Crippen LogP contribution in [0.15, 0.2) is 0 Å². The third-order valence-corrected chi connectivity index (χ3v) is 5.43. The molecule has 0 aromatic carbocycles. The van der Waals surface area contributed by atoms with E-state index in [1.165, 1.54) is 4.90 Å². The Morgan fingerprint density at radius 3 is 2.28 bits per heavy atom. The minimum atomic E-state index is -1.22. The summed E-state index contributed by atoms with van der Waals surface area (Å²) in [5.74, 6) is -3.26. The maximum Gasteiger partial charge on any atom is 0.326 e. The lowest BCUT2D eigenvalue weighted by atomic mass is 9.98. The summed E-state index contributed by atoms with van der Waals surface area (Å²) in [6.07, 6.45) is 1.50. The number of likely N-dealkylation sites (tertiary alicyclic amines) is 1. The molecule has 5 unspecified atom stereocenters. The monoisotopic (exact) mass is 414 g/mol. The molecule has 0 bridgehead atoms. The molecule has 1 fully saturated rings. The molecule has 0 aliphatic carbocycles. The lowest BCUT2D eigenvalue weighted by molar-refractivity contribution is -0.146. The Hall–Kier alpha value is -2.20. The van der Waals surface area contributed by atoms with Crippen LogP contribution in [0.1, 0.15) is 47.0 Å². The Morgan fingerprint density at radius 1 is 1.17 bits per heavy atom. The molecule has 1 rings (SSSR count). The van der Waals surface area contributed by atoms with Gasteiger partial charge >= 0.3 is 5.97 Å². The summed E-state index contributed by atoms with van der Waals surface area (Å²) < 4.78 is 0. The largest absolute Gasteiger partial charge is 0.480 e. The quantitative estimate of drug-likeness (QED) is 0.308. The second kappa shape index (κ2) is 11.1. The number of aliphatic hydroxyl groups excluding tert-OH is 1. The summed E-state index contributed by atoms with van der Waals surface area (Å²) in [6.45, 7) is 6.72. The Balaban J connectivity index is 2.87. The molecule has 3 amide bonds. The summed E-state index contributed by atoms with van der Waals surface area (Å²) in [5, 5.41) is 23.9. The van der Waals surface area contributed by atoms with Crippen LogP contribution in [0, 0.1) is 11.8 Å². The zero-order chi connectivity index (χ0) is 22.3. The van der Waals surface area contributed by atoms with Crippen molar-refractivity contribution in [3.8, 4) is 0 Å². The number of nitrogens with zero attached hydrogens (tertiary/aromatic N) is 1. The van der Waals surface area contributed by atoms with Crippen LogP contribution in [0.5, 0.6) is 0 Å². The van der Waals surface area contributed by atoms with Crippen LogP contribution < -0.4 is 16.4 Å². The van der Waals surface area contributed by atoms with Gasteiger partial charge < -0.3 is 31.5 Å². The van der Waals surface area contributed by atoms with Crippen molar-refractivity contribution in [1.82, 2.24) is 15.5 Å². The minimum absolute atomic E-state index is 0.150.